The van der Waals surface area contributed by atoms with E-state index in [1.165, 1.54) is 0 Å². The summed E-state index contributed by atoms with van der Waals surface area (Å²) in [5, 5.41) is 6.82. The third-order valence-electron chi connectivity index (χ3n) is 2.23. The van der Waals surface area contributed by atoms with E-state index in [1.54, 1.807) is 12.1 Å². The smallest absolute Gasteiger partial charge is 0.238 e. The first kappa shape index (κ1) is 14.3. The largest absolute Gasteiger partial charge is 0.324 e. The Labute approximate surface area is 111 Å². The molecule has 0 heterocycles. The highest BCUT2D eigenvalue weighted by atomic mass is 35.5. The Morgan fingerprint density at radius 2 is 2.00 bits per heavy atom. The van der Waals surface area contributed by atoms with E-state index < -0.39 is 0 Å². The highest BCUT2D eigenvalue weighted by Crippen LogP contribution is 2.28. The van der Waals surface area contributed by atoms with Gasteiger partial charge in [0.15, 0.2) is 0 Å². The number of nitrogens with one attached hydrogen (secondary N) is 2. The number of carbonyl (C=O) groups is 1. The Kier molecular flexibility index (Phi) is 5.75. The quantitative estimate of drug-likeness (QED) is 0.810. The van der Waals surface area contributed by atoms with Crippen molar-refractivity contribution in [3.63, 3.8) is 0 Å². The van der Waals surface area contributed by atoms with Gasteiger partial charge in [-0.2, -0.15) is 0 Å². The minimum atomic E-state index is -0.125. The predicted octanol–water partition coefficient (Wildman–Crippen LogP) is 3.24. The zero-order valence-electron chi connectivity index (χ0n) is 9.94. The molecule has 0 aliphatic rings. The molecule has 1 rings (SSSR count). The van der Waals surface area contributed by atoms with Crippen molar-refractivity contribution in [3.8, 4) is 0 Å². The van der Waals surface area contributed by atoms with E-state index in [0.717, 1.165) is 18.5 Å². The van der Waals surface area contributed by atoms with E-state index in [2.05, 4.69) is 10.6 Å². The lowest BCUT2D eigenvalue weighted by Crippen LogP contribution is -2.28. The molecule has 0 aliphatic heterocycles. The molecule has 0 saturated heterocycles. The van der Waals surface area contributed by atoms with Gasteiger partial charge in [-0.3, -0.25) is 4.79 Å². The summed E-state index contributed by atoms with van der Waals surface area (Å²) in [6.07, 6.45) is 0.990. The van der Waals surface area contributed by atoms with Gasteiger partial charge in [0.2, 0.25) is 5.91 Å². The maximum Gasteiger partial charge on any atom is 0.238 e. The molecule has 2 N–H and O–H groups in total. The van der Waals surface area contributed by atoms with Crippen LogP contribution in [0.1, 0.15) is 18.9 Å². The summed E-state index contributed by atoms with van der Waals surface area (Å²) < 4.78 is 0. The number of halogens is 2. The average molecular weight is 275 g/mol. The van der Waals surface area contributed by atoms with Crippen LogP contribution >= 0.6 is 23.2 Å². The lowest BCUT2D eigenvalue weighted by atomic mass is 10.2. The van der Waals surface area contributed by atoms with Gasteiger partial charge in [0.05, 0.1) is 17.3 Å². The Bertz CT molecular complexity index is 408. The number of rotatable bonds is 5. The van der Waals surface area contributed by atoms with Crippen LogP contribution in [-0.2, 0) is 4.79 Å². The fraction of sp³-hybridized carbons (Fsp3) is 0.417. The van der Waals surface area contributed by atoms with Crippen LogP contribution in [0.5, 0.6) is 0 Å². The zero-order valence-corrected chi connectivity index (χ0v) is 11.5. The monoisotopic (exact) mass is 274 g/mol. The molecule has 3 nitrogen and oxygen atoms in total. The lowest BCUT2D eigenvalue weighted by Gasteiger charge is -2.09. The fourth-order valence-corrected chi connectivity index (χ4v) is 1.74. The van der Waals surface area contributed by atoms with Crippen LogP contribution in [-0.4, -0.2) is 19.0 Å². The Morgan fingerprint density at radius 1 is 1.29 bits per heavy atom. The molecule has 5 heteroatoms. The third-order valence-corrected chi connectivity index (χ3v) is 2.95. The summed E-state index contributed by atoms with van der Waals surface area (Å²) in [5.41, 5.74) is 1.43. The SMILES string of the molecule is CCCNCC(=O)Nc1cc(Cl)c(C)cc1Cl. The molecular formula is C12H16Cl2N2O. The second-order valence-electron chi connectivity index (χ2n) is 3.81. The minimum absolute atomic E-state index is 0.125. The highest BCUT2D eigenvalue weighted by Gasteiger charge is 2.07. The molecular weight excluding hydrogens is 259 g/mol. The van der Waals surface area contributed by atoms with Gasteiger partial charge in [-0.15, -0.1) is 0 Å². The molecule has 1 aromatic rings. The van der Waals surface area contributed by atoms with Crippen LogP contribution in [0.3, 0.4) is 0 Å². The summed E-state index contributed by atoms with van der Waals surface area (Å²) in [5.74, 6) is -0.125. The average Bonchev–Trinajstić information content (AvgIpc) is 2.26. The first-order chi connectivity index (χ1) is 8.04. The lowest BCUT2D eigenvalue weighted by molar-refractivity contribution is -0.115. The molecule has 0 radical (unpaired) electrons. The summed E-state index contributed by atoms with van der Waals surface area (Å²) in [6, 6.07) is 3.40. The normalized spacial score (nSPS) is 10.4. The number of carbonyl (C=O) groups excluding carboxylic acids is 1. The number of hydrogen-bond donors (Lipinski definition) is 2. The van der Waals surface area contributed by atoms with Crippen molar-refractivity contribution in [1.82, 2.24) is 5.32 Å². The number of benzene rings is 1. The molecule has 0 bridgehead atoms. The Morgan fingerprint density at radius 3 is 2.65 bits per heavy atom. The molecule has 1 aromatic carbocycles. The standard InChI is InChI=1S/C12H16Cl2N2O/c1-3-4-15-7-12(17)16-11-6-9(13)8(2)5-10(11)14/h5-6,15H,3-4,7H2,1-2H3,(H,16,17). The maximum absolute atomic E-state index is 11.6. The van der Waals surface area contributed by atoms with Crippen LogP contribution in [0.4, 0.5) is 5.69 Å². The molecule has 0 unspecified atom stereocenters. The van der Waals surface area contributed by atoms with Crippen LogP contribution in [0, 0.1) is 6.92 Å². The first-order valence-electron chi connectivity index (χ1n) is 5.50. The van der Waals surface area contributed by atoms with E-state index in [4.69, 9.17) is 23.2 Å². The Hall–Kier alpha value is -0.770. The molecule has 0 aromatic heterocycles. The van der Waals surface area contributed by atoms with Gasteiger partial charge in [-0.05, 0) is 37.6 Å². The van der Waals surface area contributed by atoms with Gasteiger partial charge in [0, 0.05) is 5.02 Å². The van der Waals surface area contributed by atoms with Crippen molar-refractivity contribution in [2.75, 3.05) is 18.4 Å². The predicted molar refractivity (Wildman–Crippen MR) is 73.0 cm³/mol. The minimum Gasteiger partial charge on any atom is -0.324 e. The van der Waals surface area contributed by atoms with E-state index in [9.17, 15) is 4.79 Å². The molecule has 0 atom stereocenters. The van der Waals surface area contributed by atoms with Gasteiger partial charge in [0.25, 0.3) is 0 Å². The van der Waals surface area contributed by atoms with Gasteiger partial charge >= 0.3 is 0 Å². The molecule has 0 saturated carbocycles. The number of hydrogen-bond acceptors (Lipinski definition) is 2. The fourth-order valence-electron chi connectivity index (χ4n) is 1.32. The molecule has 17 heavy (non-hydrogen) atoms. The molecule has 0 spiro atoms. The van der Waals surface area contributed by atoms with Crippen molar-refractivity contribution >= 4 is 34.8 Å². The van der Waals surface area contributed by atoms with E-state index >= 15 is 0 Å². The maximum atomic E-state index is 11.6. The summed E-state index contributed by atoms with van der Waals surface area (Å²) >= 11 is 12.0. The van der Waals surface area contributed by atoms with E-state index in [1.807, 2.05) is 13.8 Å². The number of amides is 1. The highest BCUT2D eigenvalue weighted by molar-refractivity contribution is 6.36. The van der Waals surface area contributed by atoms with Crippen LogP contribution in [0.15, 0.2) is 12.1 Å². The third kappa shape index (κ3) is 4.54. The molecule has 0 fully saturated rings. The summed E-state index contributed by atoms with van der Waals surface area (Å²) in [4.78, 5) is 11.6. The molecule has 1 amide bonds. The van der Waals surface area contributed by atoms with E-state index in [-0.39, 0.29) is 12.5 Å². The summed E-state index contributed by atoms with van der Waals surface area (Å²) in [6.45, 7) is 5.00. The van der Waals surface area contributed by atoms with Crippen molar-refractivity contribution in [2.45, 2.75) is 20.3 Å². The number of aryl methyl sites for hydroxylation is 1. The molecule has 0 aliphatic carbocycles. The second kappa shape index (κ2) is 6.84. The van der Waals surface area contributed by atoms with E-state index in [0.29, 0.717) is 15.7 Å². The van der Waals surface area contributed by atoms with Crippen molar-refractivity contribution in [3.05, 3.63) is 27.7 Å². The first-order valence-corrected chi connectivity index (χ1v) is 6.26. The van der Waals surface area contributed by atoms with Crippen LogP contribution in [0.25, 0.3) is 0 Å². The van der Waals surface area contributed by atoms with Gasteiger partial charge in [-0.25, -0.2) is 0 Å². The summed E-state index contributed by atoms with van der Waals surface area (Å²) in [7, 11) is 0. The van der Waals surface area contributed by atoms with Gasteiger partial charge in [0.1, 0.15) is 0 Å². The van der Waals surface area contributed by atoms with Crippen molar-refractivity contribution in [1.29, 1.82) is 0 Å². The second-order valence-corrected chi connectivity index (χ2v) is 4.62. The van der Waals surface area contributed by atoms with Crippen molar-refractivity contribution in [2.24, 2.45) is 0 Å². The van der Waals surface area contributed by atoms with Gasteiger partial charge in [-0.1, -0.05) is 30.1 Å². The zero-order chi connectivity index (χ0) is 12.8. The van der Waals surface area contributed by atoms with Gasteiger partial charge < -0.3 is 10.6 Å². The number of anilines is 1. The topological polar surface area (TPSA) is 41.1 Å². The van der Waals surface area contributed by atoms with Crippen LogP contribution < -0.4 is 10.6 Å². The Balaban J connectivity index is 2.62. The molecule has 94 valence electrons. The van der Waals surface area contributed by atoms with Crippen molar-refractivity contribution < 1.29 is 4.79 Å². The van der Waals surface area contributed by atoms with Crippen LogP contribution in [0.2, 0.25) is 10.0 Å².